The second kappa shape index (κ2) is 11.1. The smallest absolute Gasteiger partial charge is 0.337 e. The molecule has 1 saturated heterocycles. The third-order valence-corrected chi connectivity index (χ3v) is 7.06. The van der Waals surface area contributed by atoms with Crippen molar-refractivity contribution >= 4 is 17.6 Å². The predicted molar refractivity (Wildman–Crippen MR) is 137 cm³/mol. The number of aromatic hydroxyl groups is 1. The maximum Gasteiger partial charge on any atom is 0.337 e. The van der Waals surface area contributed by atoms with Gasteiger partial charge in [-0.25, -0.2) is 9.79 Å². The van der Waals surface area contributed by atoms with Gasteiger partial charge >= 0.3 is 5.97 Å². The fourth-order valence-electron chi connectivity index (χ4n) is 4.99. The van der Waals surface area contributed by atoms with Crippen LogP contribution in [0.3, 0.4) is 0 Å². The number of hydrogen-bond donors (Lipinski definition) is 2. The summed E-state index contributed by atoms with van der Waals surface area (Å²) in [7, 11) is 1.35. The van der Waals surface area contributed by atoms with Gasteiger partial charge < -0.3 is 29.5 Å². The lowest BCUT2D eigenvalue weighted by Crippen LogP contribution is -2.50. The number of guanidine groups is 1. The summed E-state index contributed by atoms with van der Waals surface area (Å²) in [6.45, 7) is 4.50. The lowest BCUT2D eigenvalue weighted by molar-refractivity contribution is 0.0600. The van der Waals surface area contributed by atoms with Gasteiger partial charge in [-0.3, -0.25) is 4.90 Å². The van der Waals surface area contributed by atoms with Crippen LogP contribution in [-0.2, 0) is 11.3 Å². The molecule has 9 nitrogen and oxygen atoms in total. The molecule has 0 atom stereocenters. The molecule has 2 N–H and O–H groups in total. The van der Waals surface area contributed by atoms with E-state index in [0.29, 0.717) is 11.3 Å². The maximum atomic E-state index is 12.0. The van der Waals surface area contributed by atoms with Gasteiger partial charge in [0.15, 0.2) is 17.5 Å². The van der Waals surface area contributed by atoms with Crippen LogP contribution in [-0.4, -0.2) is 73.0 Å². The average Bonchev–Trinajstić information content (AvgIpc) is 3.38. The second-order valence-electron chi connectivity index (χ2n) is 9.54. The molecule has 1 aliphatic carbocycles. The van der Waals surface area contributed by atoms with Crippen molar-refractivity contribution in [3.05, 3.63) is 47.5 Å². The zero-order valence-corrected chi connectivity index (χ0v) is 20.7. The quantitative estimate of drug-likeness (QED) is 0.280. The number of benzene rings is 2. The van der Waals surface area contributed by atoms with Crippen molar-refractivity contribution in [3.63, 3.8) is 0 Å². The number of nitrogens with zero attached hydrogens (tertiary/aromatic N) is 3. The first-order chi connectivity index (χ1) is 17.6. The van der Waals surface area contributed by atoms with Gasteiger partial charge in [0.1, 0.15) is 5.75 Å². The summed E-state index contributed by atoms with van der Waals surface area (Å²) in [6.07, 6.45) is 5.78. The molecule has 0 bridgehead atoms. The molecule has 0 unspecified atom stereocenters. The first-order valence-electron chi connectivity index (χ1n) is 12.7. The van der Waals surface area contributed by atoms with E-state index in [1.807, 2.05) is 6.07 Å². The number of phenols is 1. The van der Waals surface area contributed by atoms with Gasteiger partial charge in [-0.2, -0.15) is 0 Å². The number of carbonyl (C=O) groups excluding carboxylic acids is 1. The van der Waals surface area contributed by atoms with Crippen molar-refractivity contribution in [2.45, 2.75) is 44.7 Å². The summed E-state index contributed by atoms with van der Waals surface area (Å²) in [5.41, 5.74) is 2.03. The number of piperazine rings is 1. The summed E-state index contributed by atoms with van der Waals surface area (Å²) in [4.78, 5) is 21.8. The number of phenolic OH excluding ortho intramolecular Hbond substituents is 1. The van der Waals surface area contributed by atoms with Crippen molar-refractivity contribution in [2.75, 3.05) is 45.4 Å². The van der Waals surface area contributed by atoms with Crippen LogP contribution in [0.2, 0.25) is 0 Å². The van der Waals surface area contributed by atoms with Crippen LogP contribution in [0.1, 0.15) is 48.0 Å². The van der Waals surface area contributed by atoms with E-state index in [9.17, 15) is 9.90 Å². The zero-order chi connectivity index (χ0) is 24.9. The molecular formula is C27H34N4O5. The number of methoxy groups -OCH3 is 1. The maximum absolute atomic E-state index is 12.0. The van der Waals surface area contributed by atoms with Gasteiger partial charge in [-0.1, -0.05) is 25.3 Å². The first-order valence-corrected chi connectivity index (χ1v) is 12.7. The zero-order valence-electron chi connectivity index (χ0n) is 20.7. The van der Waals surface area contributed by atoms with Gasteiger partial charge in [0.05, 0.1) is 24.4 Å². The molecule has 0 amide bonds. The van der Waals surface area contributed by atoms with Crippen LogP contribution in [0.25, 0.3) is 0 Å². The number of rotatable bonds is 5. The molecule has 0 spiro atoms. The highest BCUT2D eigenvalue weighted by Crippen LogP contribution is 2.33. The molecule has 2 heterocycles. The number of ether oxygens (including phenoxy) is 3. The summed E-state index contributed by atoms with van der Waals surface area (Å²) in [6, 6.07) is 11.1. The molecule has 36 heavy (non-hydrogen) atoms. The molecule has 1 saturated carbocycles. The van der Waals surface area contributed by atoms with Crippen molar-refractivity contribution in [2.24, 2.45) is 4.99 Å². The minimum absolute atomic E-state index is 0.0699. The van der Waals surface area contributed by atoms with Gasteiger partial charge in [-0.15, -0.1) is 0 Å². The van der Waals surface area contributed by atoms with Crippen molar-refractivity contribution in [3.8, 4) is 17.2 Å². The van der Waals surface area contributed by atoms with Crippen LogP contribution in [0, 0.1) is 0 Å². The van der Waals surface area contributed by atoms with Crippen molar-refractivity contribution in [1.29, 1.82) is 0 Å². The summed E-state index contributed by atoms with van der Waals surface area (Å²) >= 11 is 0. The van der Waals surface area contributed by atoms with Crippen LogP contribution in [0.5, 0.6) is 17.2 Å². The van der Waals surface area contributed by atoms with Gasteiger partial charge in [0.2, 0.25) is 6.79 Å². The van der Waals surface area contributed by atoms with Crippen LogP contribution < -0.4 is 14.8 Å². The number of esters is 1. The monoisotopic (exact) mass is 494 g/mol. The number of aliphatic imine (C=N–C) groups is 1. The fraction of sp³-hybridized carbons (Fsp3) is 0.481. The Bertz CT molecular complexity index is 1110. The minimum atomic E-state index is -0.444. The molecule has 2 aromatic carbocycles. The number of fused-ring (bicyclic) bond motifs is 1. The van der Waals surface area contributed by atoms with E-state index >= 15 is 0 Å². The van der Waals surface area contributed by atoms with E-state index in [-0.39, 0.29) is 18.6 Å². The Hall–Kier alpha value is -3.46. The van der Waals surface area contributed by atoms with E-state index in [1.54, 1.807) is 12.1 Å². The standard InChI is InChI=1S/C27H34N4O5/c1-34-26(33)20-8-9-23(32)22(16-20)29-27(28-21-5-3-2-4-6-21)31-13-11-30(12-14-31)17-19-7-10-24-25(15-19)36-18-35-24/h7-10,15-16,21,32H,2-6,11-14,17-18H2,1H3,(H,28,29). The fourth-order valence-corrected chi connectivity index (χ4v) is 4.99. The van der Waals surface area contributed by atoms with Gasteiger partial charge in [0.25, 0.3) is 0 Å². The number of hydrogen-bond acceptors (Lipinski definition) is 7. The summed E-state index contributed by atoms with van der Waals surface area (Å²) in [5, 5.41) is 13.8. The molecule has 0 aromatic heterocycles. The van der Waals surface area contributed by atoms with Gasteiger partial charge in [-0.05, 0) is 48.7 Å². The normalized spacial score (nSPS) is 18.8. The van der Waals surface area contributed by atoms with E-state index in [0.717, 1.165) is 63.0 Å². The molecule has 0 radical (unpaired) electrons. The Morgan fingerprint density at radius 1 is 1.06 bits per heavy atom. The highest BCUT2D eigenvalue weighted by Gasteiger charge is 2.24. The molecule has 2 aliphatic heterocycles. The second-order valence-corrected chi connectivity index (χ2v) is 9.54. The van der Waals surface area contributed by atoms with Crippen LogP contribution >= 0.6 is 0 Å². The first kappa shape index (κ1) is 24.2. The minimum Gasteiger partial charge on any atom is -0.506 e. The molecule has 5 rings (SSSR count). The Kier molecular flexibility index (Phi) is 7.46. The SMILES string of the molecule is COC(=O)c1ccc(O)c(NC(=NC2CCCCC2)N2CCN(Cc3ccc4c(c3)OCO4)CC2)c1. The Labute approximate surface area is 211 Å². The summed E-state index contributed by atoms with van der Waals surface area (Å²) < 4.78 is 15.8. The Morgan fingerprint density at radius 3 is 2.61 bits per heavy atom. The Morgan fingerprint density at radius 2 is 1.83 bits per heavy atom. The van der Waals surface area contributed by atoms with Gasteiger partial charge in [0, 0.05) is 32.7 Å². The summed E-state index contributed by atoms with van der Waals surface area (Å²) in [5.74, 6) is 1.99. The predicted octanol–water partition coefficient (Wildman–Crippen LogP) is 3.83. The highest BCUT2D eigenvalue weighted by atomic mass is 16.7. The number of carbonyl (C=O) groups is 1. The Balaban J connectivity index is 1.28. The lowest BCUT2D eigenvalue weighted by atomic mass is 9.96. The van der Waals surface area contributed by atoms with E-state index < -0.39 is 5.97 Å². The number of anilines is 1. The molecule has 2 aromatic rings. The average molecular weight is 495 g/mol. The molecule has 192 valence electrons. The number of nitrogens with one attached hydrogen (secondary N) is 1. The lowest BCUT2D eigenvalue weighted by Gasteiger charge is -2.37. The van der Waals surface area contributed by atoms with Crippen molar-refractivity contribution < 1.29 is 24.1 Å². The molecule has 9 heteroatoms. The molecular weight excluding hydrogens is 460 g/mol. The van der Waals surface area contributed by atoms with Crippen LogP contribution in [0.4, 0.5) is 5.69 Å². The molecule has 3 aliphatic rings. The molecule has 2 fully saturated rings. The van der Waals surface area contributed by atoms with E-state index in [4.69, 9.17) is 19.2 Å². The van der Waals surface area contributed by atoms with Crippen molar-refractivity contribution in [1.82, 2.24) is 9.80 Å². The largest absolute Gasteiger partial charge is 0.506 e. The topological polar surface area (TPSA) is 95.9 Å². The van der Waals surface area contributed by atoms with E-state index in [1.165, 1.54) is 38.0 Å². The highest BCUT2D eigenvalue weighted by molar-refractivity contribution is 5.97. The third kappa shape index (κ3) is 5.67. The van der Waals surface area contributed by atoms with E-state index in [2.05, 4.69) is 27.2 Å². The third-order valence-electron chi connectivity index (χ3n) is 7.06. The van der Waals surface area contributed by atoms with Crippen LogP contribution in [0.15, 0.2) is 41.4 Å².